The molecule has 1 heterocycles. The van der Waals surface area contributed by atoms with Crippen molar-refractivity contribution in [3.8, 4) is 0 Å². The molecule has 10 nitrogen and oxygen atoms in total. The number of ether oxygens (including phenoxy) is 1. The summed E-state index contributed by atoms with van der Waals surface area (Å²) in [4.78, 5) is 37.3. The van der Waals surface area contributed by atoms with Gasteiger partial charge < -0.3 is 25.4 Å². The van der Waals surface area contributed by atoms with Gasteiger partial charge in [0.1, 0.15) is 17.5 Å². The summed E-state index contributed by atoms with van der Waals surface area (Å²) in [7, 11) is 0. The summed E-state index contributed by atoms with van der Waals surface area (Å²) in [6.07, 6.45) is -0.264. The predicted molar refractivity (Wildman–Crippen MR) is 108 cm³/mol. The topological polar surface area (TPSA) is 135 Å². The molecule has 1 aromatic carbocycles. The van der Waals surface area contributed by atoms with Crippen molar-refractivity contribution in [2.75, 3.05) is 36.0 Å². The van der Waals surface area contributed by atoms with Gasteiger partial charge in [-0.1, -0.05) is 0 Å². The van der Waals surface area contributed by atoms with Crippen LogP contribution >= 0.6 is 0 Å². The van der Waals surface area contributed by atoms with Gasteiger partial charge in [0.15, 0.2) is 0 Å². The molecule has 164 valence electrons. The van der Waals surface area contributed by atoms with E-state index in [4.69, 9.17) is 10.1 Å². The molecule has 1 fully saturated rings. The molecular weight excluding hydrogens is 397 g/mol. The third-order valence-corrected chi connectivity index (χ3v) is 4.35. The molecule has 3 amide bonds. The normalized spacial score (nSPS) is 16.1. The van der Waals surface area contributed by atoms with Gasteiger partial charge in [0.25, 0.3) is 5.91 Å². The second kappa shape index (κ2) is 9.53. The minimum atomic E-state index is -1.54. The highest BCUT2D eigenvalue weighted by atomic mass is 19.1. The minimum absolute atomic E-state index is 0.0860. The molecule has 1 atom stereocenters. The standard InChI is InChI=1S/C19H26FN5O5/c1-12(26)23-9-14-10-25(18(28)30-14)13-4-5-16(15(20)8-13)24(11-21)7-6-22-17(27)19(2,3)29/h4-5,8,11,14,21,29H,6-7,9-10H2,1-3H3,(H,22,27)(H,23,26). The SMILES string of the molecule is CC(=O)NCC1CN(c2ccc(N(C=N)CCNC(=O)C(C)(C)O)c(F)c2)C(=O)O1. The van der Waals surface area contributed by atoms with E-state index < -0.39 is 29.5 Å². The van der Waals surface area contributed by atoms with Crippen molar-refractivity contribution in [2.45, 2.75) is 32.5 Å². The van der Waals surface area contributed by atoms with E-state index in [0.29, 0.717) is 0 Å². The van der Waals surface area contributed by atoms with Crippen molar-refractivity contribution in [1.29, 1.82) is 5.41 Å². The molecule has 0 spiro atoms. The van der Waals surface area contributed by atoms with Crippen LogP contribution in [-0.2, 0) is 14.3 Å². The highest BCUT2D eigenvalue weighted by Gasteiger charge is 2.33. The van der Waals surface area contributed by atoms with Gasteiger partial charge in [-0.3, -0.25) is 19.9 Å². The second-order valence-electron chi connectivity index (χ2n) is 7.33. The number of nitrogens with one attached hydrogen (secondary N) is 3. The number of aliphatic hydroxyl groups is 1. The Labute approximate surface area is 173 Å². The van der Waals surface area contributed by atoms with Crippen LogP contribution < -0.4 is 20.4 Å². The van der Waals surface area contributed by atoms with E-state index in [9.17, 15) is 23.9 Å². The molecule has 30 heavy (non-hydrogen) atoms. The Hall–Kier alpha value is -3.21. The van der Waals surface area contributed by atoms with Gasteiger partial charge in [-0.25, -0.2) is 9.18 Å². The zero-order valence-electron chi connectivity index (χ0n) is 17.1. The van der Waals surface area contributed by atoms with Crippen LogP contribution in [0.4, 0.5) is 20.6 Å². The van der Waals surface area contributed by atoms with Crippen molar-refractivity contribution in [3.63, 3.8) is 0 Å². The number of rotatable bonds is 9. The van der Waals surface area contributed by atoms with E-state index in [0.717, 1.165) is 12.4 Å². The average Bonchev–Trinajstić information content (AvgIpc) is 3.03. The largest absolute Gasteiger partial charge is 0.442 e. The fraction of sp³-hybridized carbons (Fsp3) is 0.474. The summed E-state index contributed by atoms with van der Waals surface area (Å²) in [6.45, 7) is 4.56. The monoisotopic (exact) mass is 423 g/mol. The number of nitrogens with zero attached hydrogens (tertiary/aromatic N) is 2. The van der Waals surface area contributed by atoms with Crippen LogP contribution in [0.1, 0.15) is 20.8 Å². The molecule has 11 heteroatoms. The van der Waals surface area contributed by atoms with Crippen molar-refractivity contribution >= 4 is 35.6 Å². The van der Waals surface area contributed by atoms with Crippen molar-refractivity contribution in [1.82, 2.24) is 10.6 Å². The lowest BCUT2D eigenvalue weighted by atomic mass is 10.1. The van der Waals surface area contributed by atoms with Crippen LogP contribution in [-0.4, -0.2) is 67.2 Å². The first kappa shape index (κ1) is 23.1. The molecule has 0 aliphatic carbocycles. The number of hydrogen-bond donors (Lipinski definition) is 4. The highest BCUT2D eigenvalue weighted by molar-refractivity contribution is 5.90. The lowest BCUT2D eigenvalue weighted by Crippen LogP contribution is -2.44. The molecule has 0 radical (unpaired) electrons. The van der Waals surface area contributed by atoms with Gasteiger partial charge in [0.05, 0.1) is 30.8 Å². The van der Waals surface area contributed by atoms with Crippen LogP contribution in [0.2, 0.25) is 0 Å². The van der Waals surface area contributed by atoms with Gasteiger partial charge in [-0.2, -0.15) is 0 Å². The smallest absolute Gasteiger partial charge is 0.414 e. The van der Waals surface area contributed by atoms with Crippen molar-refractivity contribution < 1.29 is 28.6 Å². The number of benzene rings is 1. The number of carbonyl (C=O) groups is 3. The van der Waals surface area contributed by atoms with Crippen LogP contribution in [0.3, 0.4) is 0 Å². The lowest BCUT2D eigenvalue weighted by molar-refractivity contribution is -0.136. The lowest BCUT2D eigenvalue weighted by Gasteiger charge is -2.23. The number of halogens is 1. The summed E-state index contributed by atoms with van der Waals surface area (Å²) < 4.78 is 19.8. The Morgan fingerprint density at radius 2 is 2.13 bits per heavy atom. The summed E-state index contributed by atoms with van der Waals surface area (Å²) in [5, 5.41) is 22.2. The Balaban J connectivity index is 2.03. The molecule has 1 unspecified atom stereocenters. The predicted octanol–water partition coefficient (Wildman–Crippen LogP) is 0.588. The molecule has 4 N–H and O–H groups in total. The first-order chi connectivity index (χ1) is 14.0. The zero-order chi connectivity index (χ0) is 22.5. The molecular formula is C19H26FN5O5. The van der Waals surface area contributed by atoms with Crippen LogP contribution in [0.5, 0.6) is 0 Å². The average molecular weight is 423 g/mol. The first-order valence-corrected chi connectivity index (χ1v) is 9.33. The second-order valence-corrected chi connectivity index (χ2v) is 7.33. The molecule has 2 rings (SSSR count). The van der Waals surface area contributed by atoms with E-state index >= 15 is 0 Å². The molecule has 0 saturated carbocycles. The summed E-state index contributed by atoms with van der Waals surface area (Å²) in [5.74, 6) is -1.49. The minimum Gasteiger partial charge on any atom is -0.442 e. The Bertz CT molecular complexity index is 826. The summed E-state index contributed by atoms with van der Waals surface area (Å²) in [5.41, 5.74) is -1.16. The van der Waals surface area contributed by atoms with Crippen LogP contribution in [0.25, 0.3) is 0 Å². The maximum absolute atomic E-state index is 14.7. The Morgan fingerprint density at radius 3 is 2.70 bits per heavy atom. The number of anilines is 2. The van der Waals surface area contributed by atoms with E-state index in [2.05, 4.69) is 10.6 Å². The van der Waals surface area contributed by atoms with Crippen LogP contribution in [0.15, 0.2) is 18.2 Å². The summed E-state index contributed by atoms with van der Waals surface area (Å²) in [6, 6.07) is 4.09. The van der Waals surface area contributed by atoms with Crippen LogP contribution in [0, 0.1) is 11.2 Å². The molecule has 0 aromatic heterocycles. The summed E-state index contributed by atoms with van der Waals surface area (Å²) >= 11 is 0. The zero-order valence-corrected chi connectivity index (χ0v) is 17.1. The maximum Gasteiger partial charge on any atom is 0.414 e. The third kappa shape index (κ3) is 5.89. The quantitative estimate of drug-likeness (QED) is 0.339. The highest BCUT2D eigenvalue weighted by Crippen LogP contribution is 2.27. The van der Waals surface area contributed by atoms with Gasteiger partial charge in [-0.05, 0) is 32.0 Å². The Kier molecular flexibility index (Phi) is 7.33. The van der Waals surface area contributed by atoms with Gasteiger partial charge in [-0.15, -0.1) is 0 Å². The van der Waals surface area contributed by atoms with Gasteiger partial charge in [0.2, 0.25) is 5.91 Å². The number of hydrogen-bond acceptors (Lipinski definition) is 6. The van der Waals surface area contributed by atoms with Crippen molar-refractivity contribution in [3.05, 3.63) is 24.0 Å². The van der Waals surface area contributed by atoms with E-state index in [1.165, 1.54) is 42.7 Å². The fourth-order valence-electron chi connectivity index (χ4n) is 2.75. The molecule has 1 aromatic rings. The van der Waals surface area contributed by atoms with Gasteiger partial charge >= 0.3 is 6.09 Å². The number of cyclic esters (lactones) is 1. The molecule has 1 aliphatic heterocycles. The Morgan fingerprint density at radius 1 is 1.43 bits per heavy atom. The number of carbonyl (C=O) groups excluding carboxylic acids is 3. The van der Waals surface area contributed by atoms with E-state index in [-0.39, 0.29) is 43.5 Å². The van der Waals surface area contributed by atoms with Gasteiger partial charge in [0, 0.05) is 20.0 Å². The molecule has 1 aliphatic rings. The van der Waals surface area contributed by atoms with E-state index in [1.807, 2.05) is 0 Å². The fourth-order valence-corrected chi connectivity index (χ4v) is 2.75. The maximum atomic E-state index is 14.7. The van der Waals surface area contributed by atoms with E-state index in [1.54, 1.807) is 0 Å². The number of amides is 3. The third-order valence-electron chi connectivity index (χ3n) is 4.35. The first-order valence-electron chi connectivity index (χ1n) is 9.33. The molecule has 1 saturated heterocycles. The van der Waals surface area contributed by atoms with Crippen molar-refractivity contribution in [2.24, 2.45) is 0 Å². The molecule has 0 bridgehead atoms.